The molecule has 8 heteroatoms. The molecule has 0 saturated carbocycles. The Morgan fingerprint density at radius 3 is 2.69 bits per heavy atom. The van der Waals surface area contributed by atoms with Gasteiger partial charge in [0.05, 0.1) is 13.2 Å². The SMILES string of the molecule is CCNC(=O)c1cccc(CNC(=NC)NCCN2CCOCC2)c1.I. The largest absolute Gasteiger partial charge is 0.379 e. The summed E-state index contributed by atoms with van der Waals surface area (Å²) >= 11 is 0. The van der Waals surface area contributed by atoms with Gasteiger partial charge in [-0.25, -0.2) is 0 Å². The normalized spacial score (nSPS) is 15.1. The van der Waals surface area contributed by atoms with Gasteiger partial charge in [0, 0.05) is 51.9 Å². The van der Waals surface area contributed by atoms with Crippen molar-refractivity contribution in [3.8, 4) is 0 Å². The predicted molar refractivity (Wildman–Crippen MR) is 115 cm³/mol. The van der Waals surface area contributed by atoms with E-state index in [1.165, 1.54) is 0 Å². The number of morpholine rings is 1. The van der Waals surface area contributed by atoms with Gasteiger partial charge >= 0.3 is 0 Å². The molecule has 1 aromatic rings. The highest BCUT2D eigenvalue weighted by Crippen LogP contribution is 2.05. The molecule has 0 spiro atoms. The van der Waals surface area contributed by atoms with E-state index in [1.807, 2.05) is 31.2 Å². The Hall–Kier alpha value is -1.39. The average Bonchev–Trinajstić information content (AvgIpc) is 2.66. The molecule has 0 bridgehead atoms. The second-order valence-electron chi connectivity index (χ2n) is 5.87. The Balaban J connectivity index is 0.00000338. The number of halogens is 1. The number of carbonyl (C=O) groups excluding carboxylic acids is 1. The molecule has 0 aliphatic carbocycles. The summed E-state index contributed by atoms with van der Waals surface area (Å²) < 4.78 is 5.35. The maximum Gasteiger partial charge on any atom is 0.251 e. The van der Waals surface area contributed by atoms with Gasteiger partial charge in [0.15, 0.2) is 5.96 Å². The van der Waals surface area contributed by atoms with E-state index in [1.54, 1.807) is 7.05 Å². The van der Waals surface area contributed by atoms with Gasteiger partial charge in [-0.05, 0) is 24.6 Å². The molecule has 0 atom stereocenters. The minimum Gasteiger partial charge on any atom is -0.379 e. The lowest BCUT2D eigenvalue weighted by atomic mass is 10.1. The Labute approximate surface area is 173 Å². The minimum absolute atomic E-state index is 0. The third kappa shape index (κ3) is 7.88. The summed E-state index contributed by atoms with van der Waals surface area (Å²) in [6, 6.07) is 7.62. The monoisotopic (exact) mass is 475 g/mol. The molecule has 1 aliphatic rings. The molecule has 0 aromatic heterocycles. The molecule has 1 amide bonds. The van der Waals surface area contributed by atoms with Crippen LogP contribution in [0.25, 0.3) is 0 Å². The van der Waals surface area contributed by atoms with Gasteiger partial charge in [-0.1, -0.05) is 12.1 Å². The van der Waals surface area contributed by atoms with Crippen LogP contribution in [0.2, 0.25) is 0 Å². The highest BCUT2D eigenvalue weighted by molar-refractivity contribution is 14.0. The molecule has 0 radical (unpaired) electrons. The number of hydrogen-bond acceptors (Lipinski definition) is 4. The molecule has 146 valence electrons. The number of aliphatic imine (C=N–C) groups is 1. The highest BCUT2D eigenvalue weighted by atomic mass is 127. The first-order chi connectivity index (χ1) is 12.2. The lowest BCUT2D eigenvalue weighted by molar-refractivity contribution is 0.0389. The lowest BCUT2D eigenvalue weighted by Crippen LogP contribution is -2.44. The van der Waals surface area contributed by atoms with Gasteiger partial charge < -0.3 is 20.7 Å². The zero-order valence-electron chi connectivity index (χ0n) is 15.6. The summed E-state index contributed by atoms with van der Waals surface area (Å²) in [4.78, 5) is 18.5. The van der Waals surface area contributed by atoms with Crippen molar-refractivity contribution in [1.82, 2.24) is 20.9 Å². The molecule has 2 rings (SSSR count). The summed E-state index contributed by atoms with van der Waals surface area (Å²) in [7, 11) is 1.76. The van der Waals surface area contributed by atoms with Gasteiger partial charge in [-0.2, -0.15) is 0 Å². The van der Waals surface area contributed by atoms with Gasteiger partial charge in [0.25, 0.3) is 5.91 Å². The summed E-state index contributed by atoms with van der Waals surface area (Å²) in [5.74, 6) is 0.717. The van der Waals surface area contributed by atoms with E-state index in [2.05, 4.69) is 25.8 Å². The lowest BCUT2D eigenvalue weighted by Gasteiger charge is -2.26. The predicted octanol–water partition coefficient (Wildman–Crippen LogP) is 1.05. The molecule has 1 fully saturated rings. The van der Waals surface area contributed by atoms with Crippen molar-refractivity contribution in [3.63, 3.8) is 0 Å². The molecule has 26 heavy (non-hydrogen) atoms. The van der Waals surface area contributed by atoms with E-state index < -0.39 is 0 Å². The van der Waals surface area contributed by atoms with Crippen molar-refractivity contribution in [1.29, 1.82) is 0 Å². The van der Waals surface area contributed by atoms with Crippen molar-refractivity contribution >= 4 is 35.8 Å². The van der Waals surface area contributed by atoms with Crippen LogP contribution in [-0.2, 0) is 11.3 Å². The maximum atomic E-state index is 11.9. The van der Waals surface area contributed by atoms with Crippen LogP contribution in [0.3, 0.4) is 0 Å². The molecule has 1 saturated heterocycles. The second-order valence-corrected chi connectivity index (χ2v) is 5.87. The fourth-order valence-electron chi connectivity index (χ4n) is 2.65. The quantitative estimate of drug-likeness (QED) is 0.312. The van der Waals surface area contributed by atoms with Gasteiger partial charge in [0.2, 0.25) is 0 Å². The Morgan fingerprint density at radius 2 is 2.00 bits per heavy atom. The number of nitrogens with one attached hydrogen (secondary N) is 3. The van der Waals surface area contributed by atoms with Crippen LogP contribution in [0.1, 0.15) is 22.8 Å². The van der Waals surface area contributed by atoms with Gasteiger partial charge in [-0.3, -0.25) is 14.7 Å². The van der Waals surface area contributed by atoms with Gasteiger partial charge in [-0.15, -0.1) is 24.0 Å². The Kier molecular flexibility index (Phi) is 11.2. The molecule has 1 heterocycles. The number of nitrogens with zero attached hydrogens (tertiary/aromatic N) is 2. The van der Waals surface area contributed by atoms with Crippen molar-refractivity contribution in [2.75, 3.05) is 53.0 Å². The Morgan fingerprint density at radius 1 is 1.23 bits per heavy atom. The number of carbonyl (C=O) groups is 1. The van der Waals surface area contributed by atoms with Crippen LogP contribution in [0.4, 0.5) is 0 Å². The first kappa shape index (κ1) is 22.7. The van der Waals surface area contributed by atoms with Crippen molar-refractivity contribution in [3.05, 3.63) is 35.4 Å². The zero-order valence-corrected chi connectivity index (χ0v) is 17.9. The van der Waals surface area contributed by atoms with Crippen LogP contribution in [-0.4, -0.2) is 69.8 Å². The van der Waals surface area contributed by atoms with E-state index in [0.717, 1.165) is 50.9 Å². The first-order valence-electron chi connectivity index (χ1n) is 8.84. The number of benzene rings is 1. The van der Waals surface area contributed by atoms with Crippen molar-refractivity contribution in [2.24, 2.45) is 4.99 Å². The van der Waals surface area contributed by atoms with Crippen LogP contribution in [0.15, 0.2) is 29.3 Å². The molecule has 3 N–H and O–H groups in total. The molecule has 1 aromatic carbocycles. The zero-order chi connectivity index (χ0) is 17.9. The average molecular weight is 475 g/mol. The minimum atomic E-state index is -0.0441. The van der Waals surface area contributed by atoms with E-state index in [9.17, 15) is 4.79 Å². The maximum absolute atomic E-state index is 11.9. The third-order valence-corrected chi connectivity index (χ3v) is 4.03. The molecule has 0 unspecified atom stereocenters. The summed E-state index contributed by atoms with van der Waals surface area (Å²) in [5.41, 5.74) is 1.72. The van der Waals surface area contributed by atoms with Crippen LogP contribution in [0.5, 0.6) is 0 Å². The van der Waals surface area contributed by atoms with Crippen LogP contribution >= 0.6 is 24.0 Å². The molecule has 7 nitrogen and oxygen atoms in total. The standard InChI is InChI=1S/C18H29N5O2.HI/c1-3-20-17(24)16-6-4-5-15(13-16)14-22-18(19-2)21-7-8-23-9-11-25-12-10-23;/h4-6,13H,3,7-12,14H2,1-2H3,(H,20,24)(H2,19,21,22);1H. The second kappa shape index (κ2) is 12.9. The summed E-state index contributed by atoms with van der Waals surface area (Å²) in [5, 5.41) is 9.42. The number of guanidine groups is 1. The van der Waals surface area contributed by atoms with E-state index >= 15 is 0 Å². The fraction of sp³-hybridized carbons (Fsp3) is 0.556. The fourth-order valence-corrected chi connectivity index (χ4v) is 2.65. The highest BCUT2D eigenvalue weighted by Gasteiger charge is 2.10. The van der Waals surface area contributed by atoms with Crippen LogP contribution in [0, 0.1) is 0 Å². The smallest absolute Gasteiger partial charge is 0.251 e. The number of ether oxygens (including phenoxy) is 1. The van der Waals surface area contributed by atoms with Crippen LogP contribution < -0.4 is 16.0 Å². The van der Waals surface area contributed by atoms with E-state index in [4.69, 9.17) is 4.74 Å². The number of rotatable bonds is 7. The summed E-state index contributed by atoms with van der Waals surface area (Å²) in [6.45, 7) is 8.56. The topological polar surface area (TPSA) is 78.0 Å². The van der Waals surface area contributed by atoms with E-state index in [0.29, 0.717) is 18.7 Å². The molecule has 1 aliphatic heterocycles. The van der Waals surface area contributed by atoms with Crippen molar-refractivity contribution in [2.45, 2.75) is 13.5 Å². The van der Waals surface area contributed by atoms with E-state index in [-0.39, 0.29) is 29.9 Å². The van der Waals surface area contributed by atoms with Crippen molar-refractivity contribution < 1.29 is 9.53 Å². The summed E-state index contributed by atoms with van der Waals surface area (Å²) in [6.07, 6.45) is 0. The third-order valence-electron chi connectivity index (χ3n) is 4.03. The number of hydrogen-bond donors (Lipinski definition) is 3. The number of amides is 1. The molecular formula is C18H30IN5O2. The first-order valence-corrected chi connectivity index (χ1v) is 8.84. The van der Waals surface area contributed by atoms with Gasteiger partial charge in [0.1, 0.15) is 0 Å². The molecular weight excluding hydrogens is 445 g/mol. The Bertz CT molecular complexity index is 576.